The van der Waals surface area contributed by atoms with Crippen LogP contribution in [0.3, 0.4) is 0 Å². The van der Waals surface area contributed by atoms with Gasteiger partial charge in [0, 0.05) is 0 Å². The average Bonchev–Trinajstić information content (AvgIpc) is 2.55. The summed E-state index contributed by atoms with van der Waals surface area (Å²) in [5.74, 6) is 0. The predicted molar refractivity (Wildman–Crippen MR) is 79.4 cm³/mol. The van der Waals surface area contributed by atoms with Crippen molar-refractivity contribution < 1.29 is 19.6 Å². The molecule has 0 aliphatic heterocycles. The van der Waals surface area contributed by atoms with Gasteiger partial charge < -0.3 is 0 Å². The maximum absolute atomic E-state index is 4.53. The molecule has 0 unspecified atom stereocenters. The van der Waals surface area contributed by atoms with Crippen molar-refractivity contribution >= 4 is 5.69 Å². The molecule has 0 atom stereocenters. The molecule has 20 heavy (non-hydrogen) atoms. The van der Waals surface area contributed by atoms with Gasteiger partial charge in [0.05, 0.1) is 0 Å². The Balaban J connectivity index is 2.22. The van der Waals surface area contributed by atoms with Crippen molar-refractivity contribution in [3.63, 3.8) is 0 Å². The molecule has 3 aromatic carbocycles. The molecule has 0 bridgehead atoms. The summed E-state index contributed by atoms with van der Waals surface area (Å²) in [5, 5.41) is 0. The SMILES string of the molecule is [Mo]=[N]c1c(-c2ccccc2)cccc1-c1ccccc1. The van der Waals surface area contributed by atoms with Gasteiger partial charge in [0.15, 0.2) is 0 Å². The van der Waals surface area contributed by atoms with Crippen molar-refractivity contribution in [2.75, 3.05) is 0 Å². The molecule has 3 rings (SSSR count). The van der Waals surface area contributed by atoms with Gasteiger partial charge in [-0.25, -0.2) is 0 Å². The first kappa shape index (κ1) is 13.1. The van der Waals surface area contributed by atoms with E-state index in [0.717, 1.165) is 5.69 Å². The predicted octanol–water partition coefficient (Wildman–Crippen LogP) is 5.38. The molecule has 0 spiro atoms. The third-order valence-corrected chi connectivity index (χ3v) is 3.75. The van der Waals surface area contributed by atoms with Gasteiger partial charge in [-0.2, -0.15) is 0 Å². The van der Waals surface area contributed by atoms with E-state index in [4.69, 9.17) is 0 Å². The first-order chi connectivity index (χ1) is 9.90. The van der Waals surface area contributed by atoms with Crippen LogP contribution in [0.15, 0.2) is 82.4 Å². The summed E-state index contributed by atoms with van der Waals surface area (Å²) < 4.78 is 4.53. The van der Waals surface area contributed by atoms with Crippen molar-refractivity contribution in [2.24, 2.45) is 3.50 Å². The quantitative estimate of drug-likeness (QED) is 0.568. The standard InChI is InChI=1S/C18H13N.Mo/c19-18-16(14-8-3-1-4-9-14)12-7-13-17(18)15-10-5-2-6-11-15;/h1-13H;. The van der Waals surface area contributed by atoms with Gasteiger partial charge in [0.2, 0.25) is 0 Å². The summed E-state index contributed by atoms with van der Waals surface area (Å²) in [6.07, 6.45) is 0. The molecule has 0 N–H and O–H groups in total. The fourth-order valence-corrected chi connectivity index (χ4v) is 2.83. The first-order valence-corrected chi connectivity index (χ1v) is 7.37. The molecule has 0 amide bonds. The molecule has 0 radical (unpaired) electrons. The Kier molecular flexibility index (Phi) is 3.99. The van der Waals surface area contributed by atoms with Crippen LogP contribution in [-0.2, 0) is 19.6 Å². The normalized spacial score (nSPS) is 10.2. The van der Waals surface area contributed by atoms with E-state index in [9.17, 15) is 0 Å². The Morgan fingerprint density at radius 1 is 0.550 bits per heavy atom. The monoisotopic (exact) mass is 341 g/mol. The van der Waals surface area contributed by atoms with Gasteiger partial charge in [-0.05, 0) is 0 Å². The fourth-order valence-electron chi connectivity index (χ4n) is 2.34. The summed E-state index contributed by atoms with van der Waals surface area (Å²) in [6, 6.07) is 27.2. The molecule has 0 saturated heterocycles. The van der Waals surface area contributed by atoms with Crippen LogP contribution >= 0.6 is 0 Å². The van der Waals surface area contributed by atoms with Crippen LogP contribution < -0.4 is 0 Å². The molecule has 0 aromatic heterocycles. The van der Waals surface area contributed by atoms with Gasteiger partial charge in [0.25, 0.3) is 0 Å². The van der Waals surface area contributed by atoms with Crippen LogP contribution in [-0.4, -0.2) is 0 Å². The number of hydrogen-bond donors (Lipinski definition) is 0. The number of hydrogen-bond acceptors (Lipinski definition) is 1. The van der Waals surface area contributed by atoms with Crippen LogP contribution in [0.5, 0.6) is 0 Å². The Morgan fingerprint density at radius 3 is 1.40 bits per heavy atom. The van der Waals surface area contributed by atoms with Crippen LogP contribution in [0, 0.1) is 0 Å². The molecular formula is C18H13MoN. The maximum atomic E-state index is 4.53. The van der Waals surface area contributed by atoms with E-state index in [-0.39, 0.29) is 0 Å². The van der Waals surface area contributed by atoms with Gasteiger partial charge in [-0.3, -0.25) is 0 Å². The average molecular weight is 339 g/mol. The minimum atomic E-state index is 1.05. The Morgan fingerprint density at radius 2 is 1.00 bits per heavy atom. The Bertz CT molecular complexity index is 663. The van der Waals surface area contributed by atoms with Crippen LogP contribution in [0.2, 0.25) is 0 Å². The molecule has 0 heterocycles. The number of benzene rings is 3. The molecule has 0 fully saturated rings. The van der Waals surface area contributed by atoms with E-state index >= 15 is 0 Å². The van der Waals surface area contributed by atoms with Crippen molar-refractivity contribution in [3.8, 4) is 22.3 Å². The van der Waals surface area contributed by atoms with E-state index in [0.29, 0.717) is 0 Å². The first-order valence-electron chi connectivity index (χ1n) is 6.47. The zero-order valence-corrected chi connectivity index (χ0v) is 12.9. The third-order valence-electron chi connectivity index (χ3n) is 3.30. The second-order valence-electron chi connectivity index (χ2n) is 4.53. The van der Waals surface area contributed by atoms with Gasteiger partial charge >= 0.3 is 130 Å². The van der Waals surface area contributed by atoms with E-state index in [2.05, 4.69) is 70.2 Å². The molecule has 0 saturated carbocycles. The van der Waals surface area contributed by atoms with Crippen LogP contribution in [0.4, 0.5) is 5.69 Å². The molecule has 3 aromatic rings. The summed E-state index contributed by atoms with van der Waals surface area (Å²) in [6.45, 7) is 0. The molecule has 0 aliphatic carbocycles. The Hall–Kier alpha value is -1.85. The zero-order valence-electron chi connectivity index (χ0n) is 10.9. The van der Waals surface area contributed by atoms with E-state index in [1.54, 1.807) is 19.6 Å². The molecule has 0 aliphatic rings. The topological polar surface area (TPSA) is 12.4 Å². The summed E-state index contributed by atoms with van der Waals surface area (Å²) in [7, 11) is 0. The van der Waals surface area contributed by atoms with Crippen molar-refractivity contribution in [1.82, 2.24) is 0 Å². The van der Waals surface area contributed by atoms with Crippen molar-refractivity contribution in [2.45, 2.75) is 0 Å². The summed E-state index contributed by atoms with van der Waals surface area (Å²) in [4.78, 5) is 0. The zero-order chi connectivity index (χ0) is 13.8. The molecule has 1 nitrogen and oxygen atoms in total. The van der Waals surface area contributed by atoms with E-state index in [1.807, 2.05) is 12.1 Å². The Labute approximate surface area is 130 Å². The third kappa shape index (κ3) is 2.55. The number of nitrogens with zero attached hydrogens (tertiary/aromatic N) is 1. The van der Waals surface area contributed by atoms with E-state index < -0.39 is 0 Å². The summed E-state index contributed by atoms with van der Waals surface area (Å²) >= 11 is 1.78. The molecular weight excluding hydrogens is 326 g/mol. The van der Waals surface area contributed by atoms with Gasteiger partial charge in [0.1, 0.15) is 0 Å². The molecule has 2 heteroatoms. The minimum absolute atomic E-state index is 1.05. The van der Waals surface area contributed by atoms with Crippen LogP contribution in [0.1, 0.15) is 0 Å². The van der Waals surface area contributed by atoms with Crippen molar-refractivity contribution in [3.05, 3.63) is 78.9 Å². The number of rotatable bonds is 3. The van der Waals surface area contributed by atoms with E-state index in [1.165, 1.54) is 22.3 Å². The summed E-state index contributed by atoms with van der Waals surface area (Å²) in [5.41, 5.74) is 5.81. The second-order valence-corrected chi connectivity index (χ2v) is 4.97. The van der Waals surface area contributed by atoms with Gasteiger partial charge in [-0.1, -0.05) is 0 Å². The van der Waals surface area contributed by atoms with Gasteiger partial charge in [-0.15, -0.1) is 0 Å². The second kappa shape index (κ2) is 6.07. The van der Waals surface area contributed by atoms with Crippen LogP contribution in [0.25, 0.3) is 22.3 Å². The fraction of sp³-hybridized carbons (Fsp3) is 0. The van der Waals surface area contributed by atoms with Crippen molar-refractivity contribution in [1.29, 1.82) is 0 Å². The molecule has 96 valence electrons.